The molecule has 0 unspecified atom stereocenters. The maximum atomic E-state index is 12.9. The molecular formula is C24H25HfN6O2-. The molecule has 1 aliphatic rings. The molecule has 0 atom stereocenters. The van der Waals surface area contributed by atoms with Gasteiger partial charge in [-0.1, -0.05) is 17.7 Å². The SMILES string of the molecule is CNC(=O)c1cccc(NC(=O)CN2CCN(c3cnccn3)CC2)c1-c1[c-]cccc1.[Hf]. The van der Waals surface area contributed by atoms with Gasteiger partial charge in [0.05, 0.1) is 12.7 Å². The minimum atomic E-state index is -0.214. The van der Waals surface area contributed by atoms with Gasteiger partial charge in [-0.2, -0.15) is 0 Å². The number of anilines is 2. The van der Waals surface area contributed by atoms with Crippen molar-refractivity contribution in [2.75, 3.05) is 50.0 Å². The van der Waals surface area contributed by atoms with E-state index in [1.165, 1.54) is 0 Å². The second-order valence-electron chi connectivity index (χ2n) is 7.46. The van der Waals surface area contributed by atoms with Gasteiger partial charge in [0.15, 0.2) is 0 Å². The Morgan fingerprint density at radius 2 is 1.88 bits per heavy atom. The summed E-state index contributed by atoms with van der Waals surface area (Å²) in [7, 11) is 1.59. The van der Waals surface area contributed by atoms with Gasteiger partial charge in [-0.05, 0) is 6.07 Å². The molecule has 0 radical (unpaired) electrons. The Morgan fingerprint density at radius 3 is 2.55 bits per heavy atom. The summed E-state index contributed by atoms with van der Waals surface area (Å²) in [5.74, 6) is 0.518. The summed E-state index contributed by atoms with van der Waals surface area (Å²) in [4.78, 5) is 38.1. The number of carbonyl (C=O) groups excluding carboxylic acids is 2. The van der Waals surface area contributed by atoms with E-state index in [1.807, 2.05) is 24.3 Å². The summed E-state index contributed by atoms with van der Waals surface area (Å²) in [6.45, 7) is 3.34. The summed E-state index contributed by atoms with van der Waals surface area (Å²) in [6.07, 6.45) is 5.10. The van der Waals surface area contributed by atoms with Crippen LogP contribution >= 0.6 is 0 Å². The second-order valence-corrected chi connectivity index (χ2v) is 7.46. The van der Waals surface area contributed by atoms with Crippen LogP contribution in [0.25, 0.3) is 11.1 Å². The number of piperazine rings is 1. The Balaban J connectivity index is 0.00000306. The average molecular weight is 608 g/mol. The van der Waals surface area contributed by atoms with E-state index in [0.717, 1.165) is 37.6 Å². The normalized spacial score (nSPS) is 13.7. The molecule has 4 rings (SSSR count). The van der Waals surface area contributed by atoms with Gasteiger partial charge in [-0.25, -0.2) is 4.98 Å². The van der Waals surface area contributed by atoms with Gasteiger partial charge in [0.2, 0.25) is 11.8 Å². The molecule has 33 heavy (non-hydrogen) atoms. The predicted octanol–water partition coefficient (Wildman–Crippen LogP) is 2.06. The molecule has 0 aliphatic carbocycles. The monoisotopic (exact) mass is 609 g/mol. The zero-order chi connectivity index (χ0) is 22.3. The molecule has 3 aromatic rings. The van der Waals surface area contributed by atoms with Crippen molar-refractivity contribution >= 4 is 23.3 Å². The molecule has 0 spiro atoms. The minimum Gasteiger partial charge on any atom is -0.356 e. The van der Waals surface area contributed by atoms with Gasteiger partial charge in [0, 0.05) is 82.7 Å². The first-order valence-corrected chi connectivity index (χ1v) is 10.5. The van der Waals surface area contributed by atoms with Crippen LogP contribution in [0.1, 0.15) is 10.4 Å². The number of amides is 2. The molecule has 2 N–H and O–H groups in total. The molecule has 1 aromatic heterocycles. The number of rotatable bonds is 6. The first kappa shape index (κ1) is 24.7. The first-order chi connectivity index (χ1) is 15.7. The molecule has 8 nitrogen and oxygen atoms in total. The smallest absolute Gasteiger partial charge is 0.242 e. The zero-order valence-corrected chi connectivity index (χ0v) is 22.0. The predicted molar refractivity (Wildman–Crippen MR) is 123 cm³/mol. The standard InChI is InChI=1S/C24H25N6O2.Hf/c1-25-24(32)19-8-5-9-20(23(19)18-6-3-2-4-7-18)28-22(31)17-29-12-14-30(15-13-29)21-16-26-10-11-27-21;/h2-6,8-11,16H,12-15,17H2,1H3,(H,25,32)(H,28,31);/q-1;. The maximum Gasteiger partial charge on any atom is 0.242 e. The number of hydrogen-bond acceptors (Lipinski definition) is 6. The van der Waals surface area contributed by atoms with Gasteiger partial charge >= 0.3 is 0 Å². The summed E-state index contributed by atoms with van der Waals surface area (Å²) in [6, 6.07) is 15.9. The average Bonchev–Trinajstić information content (AvgIpc) is 2.85. The third-order valence-electron chi connectivity index (χ3n) is 5.40. The van der Waals surface area contributed by atoms with E-state index >= 15 is 0 Å². The summed E-state index contributed by atoms with van der Waals surface area (Å²) < 4.78 is 0. The molecular weight excluding hydrogens is 583 g/mol. The number of carbonyl (C=O) groups is 2. The fourth-order valence-electron chi connectivity index (χ4n) is 3.80. The molecule has 2 aromatic carbocycles. The van der Waals surface area contributed by atoms with Crippen molar-refractivity contribution in [2.45, 2.75) is 0 Å². The number of nitrogens with one attached hydrogen (secondary N) is 2. The molecule has 168 valence electrons. The van der Waals surface area contributed by atoms with Crippen molar-refractivity contribution in [3.8, 4) is 11.1 Å². The molecule has 0 bridgehead atoms. The van der Waals surface area contributed by atoms with Crippen LogP contribution < -0.4 is 15.5 Å². The Labute approximate surface area is 212 Å². The fourth-order valence-corrected chi connectivity index (χ4v) is 3.80. The van der Waals surface area contributed by atoms with E-state index in [0.29, 0.717) is 16.8 Å². The molecule has 1 aliphatic heterocycles. The Kier molecular flexibility index (Phi) is 8.85. The van der Waals surface area contributed by atoms with Crippen LogP contribution in [0.5, 0.6) is 0 Å². The fraction of sp³-hybridized carbons (Fsp3) is 0.250. The van der Waals surface area contributed by atoms with E-state index in [4.69, 9.17) is 0 Å². The number of benzene rings is 2. The molecule has 0 saturated carbocycles. The van der Waals surface area contributed by atoms with E-state index in [1.54, 1.807) is 43.8 Å². The Bertz CT molecular complexity index is 1070. The molecule has 1 saturated heterocycles. The van der Waals surface area contributed by atoms with Crippen LogP contribution in [0.15, 0.2) is 61.1 Å². The van der Waals surface area contributed by atoms with E-state index < -0.39 is 0 Å². The van der Waals surface area contributed by atoms with Gasteiger partial charge in [-0.15, -0.1) is 35.9 Å². The first-order valence-electron chi connectivity index (χ1n) is 10.5. The number of nitrogens with zero attached hydrogens (tertiary/aromatic N) is 4. The quantitative estimate of drug-likeness (QED) is 0.330. The summed E-state index contributed by atoms with van der Waals surface area (Å²) in [5, 5.41) is 5.67. The zero-order valence-electron chi connectivity index (χ0n) is 18.4. The van der Waals surface area contributed by atoms with Crippen LogP contribution in [0.2, 0.25) is 0 Å². The van der Waals surface area contributed by atoms with Crippen molar-refractivity contribution in [2.24, 2.45) is 0 Å². The molecule has 2 amide bonds. The van der Waals surface area contributed by atoms with Crippen LogP contribution in [0.3, 0.4) is 0 Å². The van der Waals surface area contributed by atoms with E-state index in [-0.39, 0.29) is 44.2 Å². The number of aromatic nitrogens is 2. The molecule has 9 heteroatoms. The minimum absolute atomic E-state index is 0. The maximum absolute atomic E-state index is 12.9. The van der Waals surface area contributed by atoms with Crippen molar-refractivity contribution in [1.29, 1.82) is 0 Å². The second kappa shape index (κ2) is 11.8. The molecule has 2 heterocycles. The topological polar surface area (TPSA) is 90.5 Å². The Morgan fingerprint density at radius 1 is 1.06 bits per heavy atom. The van der Waals surface area contributed by atoms with E-state index in [9.17, 15) is 9.59 Å². The van der Waals surface area contributed by atoms with Gasteiger partial charge < -0.3 is 15.5 Å². The summed E-state index contributed by atoms with van der Waals surface area (Å²) >= 11 is 0. The largest absolute Gasteiger partial charge is 0.356 e. The van der Waals surface area contributed by atoms with Crippen molar-refractivity contribution in [3.05, 3.63) is 72.7 Å². The van der Waals surface area contributed by atoms with Gasteiger partial charge in [0.1, 0.15) is 5.82 Å². The van der Waals surface area contributed by atoms with Crippen molar-refractivity contribution < 1.29 is 35.4 Å². The van der Waals surface area contributed by atoms with E-state index in [2.05, 4.69) is 36.5 Å². The van der Waals surface area contributed by atoms with Gasteiger partial charge in [0.25, 0.3) is 0 Å². The third kappa shape index (κ3) is 6.11. The van der Waals surface area contributed by atoms with Crippen LogP contribution in [-0.2, 0) is 30.6 Å². The molecule has 1 fully saturated rings. The van der Waals surface area contributed by atoms with Crippen LogP contribution in [-0.4, -0.2) is 66.5 Å². The third-order valence-corrected chi connectivity index (χ3v) is 5.40. The Hall–Kier alpha value is -2.91. The van der Waals surface area contributed by atoms with Gasteiger partial charge in [-0.3, -0.25) is 19.5 Å². The summed E-state index contributed by atoms with van der Waals surface area (Å²) in [5.41, 5.74) is 2.50. The van der Waals surface area contributed by atoms with Crippen LogP contribution in [0, 0.1) is 6.07 Å². The van der Waals surface area contributed by atoms with Crippen molar-refractivity contribution in [3.63, 3.8) is 0 Å². The van der Waals surface area contributed by atoms with Crippen molar-refractivity contribution in [1.82, 2.24) is 20.2 Å². The van der Waals surface area contributed by atoms with Crippen LogP contribution in [0.4, 0.5) is 11.5 Å². The number of hydrogen-bond donors (Lipinski definition) is 2.